The van der Waals surface area contributed by atoms with Gasteiger partial charge in [0, 0.05) is 10.9 Å². The summed E-state index contributed by atoms with van der Waals surface area (Å²) >= 11 is 14.6. The third-order valence-corrected chi connectivity index (χ3v) is 4.65. The van der Waals surface area contributed by atoms with E-state index in [1.807, 2.05) is 5.38 Å². The summed E-state index contributed by atoms with van der Waals surface area (Å²) in [6.45, 7) is 0. The number of aromatic nitrogens is 1. The zero-order valence-corrected chi connectivity index (χ0v) is 12.9. The van der Waals surface area contributed by atoms with Gasteiger partial charge in [-0.3, -0.25) is 10.1 Å². The summed E-state index contributed by atoms with van der Waals surface area (Å²) in [5.41, 5.74) is 1.44. The number of anilines is 1. The quantitative estimate of drug-likeness (QED) is 0.725. The molecule has 1 amide bonds. The fourth-order valence-corrected chi connectivity index (χ4v) is 3.72. The Balaban J connectivity index is 1.81. The van der Waals surface area contributed by atoms with E-state index in [4.69, 9.17) is 27.6 Å². The number of nitrogens with zero attached hydrogens (tertiary/aromatic N) is 1. The minimum atomic E-state index is -0.342. The van der Waals surface area contributed by atoms with Crippen LogP contribution in [0.2, 0.25) is 8.67 Å². The first-order chi connectivity index (χ1) is 9.63. The van der Waals surface area contributed by atoms with Crippen molar-refractivity contribution < 1.29 is 9.21 Å². The van der Waals surface area contributed by atoms with Gasteiger partial charge in [0.15, 0.2) is 10.9 Å². The SMILES string of the molecule is O=C(Nc1nc(-c2cc(Cl)sc2Cl)cs1)c1ccco1. The Hall–Kier alpha value is -1.34. The van der Waals surface area contributed by atoms with E-state index in [1.54, 1.807) is 18.2 Å². The second kappa shape index (κ2) is 5.57. The standard InChI is InChI=1S/C12H6Cl2N2O2S2/c13-9-4-6(10(14)20-9)7-5-19-12(15-7)16-11(17)8-2-1-3-18-8/h1-5H,(H,15,16,17). The van der Waals surface area contributed by atoms with Crippen molar-refractivity contribution in [3.63, 3.8) is 0 Å². The van der Waals surface area contributed by atoms with Gasteiger partial charge in [0.2, 0.25) is 0 Å². The number of thiazole rings is 1. The van der Waals surface area contributed by atoms with Crippen LogP contribution in [0, 0.1) is 0 Å². The van der Waals surface area contributed by atoms with Gasteiger partial charge in [0.25, 0.3) is 5.91 Å². The summed E-state index contributed by atoms with van der Waals surface area (Å²) in [4.78, 5) is 16.1. The third-order valence-electron chi connectivity index (χ3n) is 2.40. The molecular formula is C12H6Cl2N2O2S2. The smallest absolute Gasteiger partial charge is 0.293 e. The van der Waals surface area contributed by atoms with Gasteiger partial charge in [0.05, 0.1) is 16.3 Å². The summed E-state index contributed by atoms with van der Waals surface area (Å²) in [6, 6.07) is 4.98. The maximum absolute atomic E-state index is 11.8. The van der Waals surface area contributed by atoms with Crippen molar-refractivity contribution in [2.45, 2.75) is 0 Å². The number of rotatable bonds is 3. The average Bonchev–Trinajstić information content (AvgIpc) is 3.10. The number of furan rings is 1. The van der Waals surface area contributed by atoms with E-state index in [-0.39, 0.29) is 11.7 Å². The van der Waals surface area contributed by atoms with Crippen LogP contribution >= 0.6 is 45.9 Å². The zero-order valence-electron chi connectivity index (χ0n) is 9.72. The Bertz CT molecular complexity index is 749. The molecule has 0 spiro atoms. The summed E-state index contributed by atoms with van der Waals surface area (Å²) in [5.74, 6) is -0.108. The van der Waals surface area contributed by atoms with Crippen LogP contribution in [0.25, 0.3) is 11.3 Å². The first kappa shape index (κ1) is 13.6. The molecule has 4 nitrogen and oxygen atoms in total. The monoisotopic (exact) mass is 344 g/mol. The molecule has 0 fully saturated rings. The van der Waals surface area contributed by atoms with Crippen LogP contribution in [0.15, 0.2) is 34.3 Å². The lowest BCUT2D eigenvalue weighted by Gasteiger charge is -1.97. The van der Waals surface area contributed by atoms with Gasteiger partial charge in [0.1, 0.15) is 4.34 Å². The molecule has 3 aromatic rings. The van der Waals surface area contributed by atoms with E-state index in [1.165, 1.54) is 28.9 Å². The molecule has 3 aromatic heterocycles. The molecule has 0 aromatic carbocycles. The van der Waals surface area contributed by atoms with Crippen LogP contribution in [-0.4, -0.2) is 10.9 Å². The molecule has 0 bridgehead atoms. The van der Waals surface area contributed by atoms with Crippen LogP contribution in [0.4, 0.5) is 5.13 Å². The van der Waals surface area contributed by atoms with E-state index < -0.39 is 0 Å². The Morgan fingerprint density at radius 2 is 2.25 bits per heavy atom. The van der Waals surface area contributed by atoms with Gasteiger partial charge < -0.3 is 4.42 Å². The van der Waals surface area contributed by atoms with Crippen molar-refractivity contribution in [1.29, 1.82) is 0 Å². The molecule has 3 heterocycles. The third kappa shape index (κ3) is 2.73. The Kier molecular flexibility index (Phi) is 3.80. The number of halogens is 2. The number of hydrogen-bond donors (Lipinski definition) is 1. The van der Waals surface area contributed by atoms with Gasteiger partial charge in [-0.25, -0.2) is 4.98 Å². The number of hydrogen-bond acceptors (Lipinski definition) is 5. The van der Waals surface area contributed by atoms with Gasteiger partial charge in [-0.2, -0.15) is 0 Å². The summed E-state index contributed by atoms with van der Waals surface area (Å²) in [5, 5.41) is 4.94. The van der Waals surface area contributed by atoms with Crippen LogP contribution in [0.1, 0.15) is 10.6 Å². The fraction of sp³-hybridized carbons (Fsp3) is 0. The minimum absolute atomic E-state index is 0.235. The van der Waals surface area contributed by atoms with Gasteiger partial charge in [-0.15, -0.1) is 22.7 Å². The maximum Gasteiger partial charge on any atom is 0.293 e. The van der Waals surface area contributed by atoms with Crippen molar-refractivity contribution in [2.75, 3.05) is 5.32 Å². The van der Waals surface area contributed by atoms with Crippen LogP contribution < -0.4 is 5.32 Å². The number of carbonyl (C=O) groups excluding carboxylic acids is 1. The number of thiophene rings is 1. The van der Waals surface area contributed by atoms with Crippen LogP contribution in [0.3, 0.4) is 0 Å². The highest BCUT2D eigenvalue weighted by molar-refractivity contribution is 7.20. The fourth-order valence-electron chi connectivity index (χ4n) is 1.54. The van der Waals surface area contributed by atoms with E-state index in [0.29, 0.717) is 19.5 Å². The van der Waals surface area contributed by atoms with E-state index >= 15 is 0 Å². The van der Waals surface area contributed by atoms with E-state index in [0.717, 1.165) is 5.56 Å². The average molecular weight is 345 g/mol. The molecule has 8 heteroatoms. The van der Waals surface area contributed by atoms with E-state index in [2.05, 4.69) is 10.3 Å². The Morgan fingerprint density at radius 3 is 2.90 bits per heavy atom. The summed E-state index contributed by atoms with van der Waals surface area (Å²) < 4.78 is 6.18. The van der Waals surface area contributed by atoms with Gasteiger partial charge in [-0.05, 0) is 18.2 Å². The highest BCUT2D eigenvalue weighted by Gasteiger charge is 2.14. The molecule has 0 aliphatic carbocycles. The maximum atomic E-state index is 11.8. The molecule has 0 saturated heterocycles. The second-order valence-corrected chi connectivity index (χ2v) is 6.85. The summed E-state index contributed by atoms with van der Waals surface area (Å²) in [7, 11) is 0. The molecule has 3 rings (SSSR count). The first-order valence-electron chi connectivity index (χ1n) is 5.39. The molecular weight excluding hydrogens is 339 g/mol. The predicted molar refractivity (Wildman–Crippen MR) is 82.1 cm³/mol. The molecule has 20 heavy (non-hydrogen) atoms. The largest absolute Gasteiger partial charge is 0.459 e. The molecule has 0 radical (unpaired) electrons. The number of nitrogens with one attached hydrogen (secondary N) is 1. The zero-order chi connectivity index (χ0) is 14.1. The summed E-state index contributed by atoms with van der Waals surface area (Å²) in [6.07, 6.45) is 1.44. The number of carbonyl (C=O) groups is 1. The topological polar surface area (TPSA) is 55.1 Å². The number of amides is 1. The van der Waals surface area contributed by atoms with Crippen LogP contribution in [-0.2, 0) is 0 Å². The Morgan fingerprint density at radius 1 is 1.40 bits per heavy atom. The lowest BCUT2D eigenvalue weighted by molar-refractivity contribution is 0.0996. The van der Waals surface area contributed by atoms with Crippen molar-refractivity contribution in [3.8, 4) is 11.3 Å². The molecule has 102 valence electrons. The van der Waals surface area contributed by atoms with Crippen LogP contribution in [0.5, 0.6) is 0 Å². The minimum Gasteiger partial charge on any atom is -0.459 e. The van der Waals surface area contributed by atoms with Crippen molar-refractivity contribution >= 4 is 56.9 Å². The molecule has 0 aliphatic rings. The molecule has 0 atom stereocenters. The lowest BCUT2D eigenvalue weighted by atomic mass is 10.3. The first-order valence-corrected chi connectivity index (χ1v) is 7.84. The predicted octanol–water partition coefficient (Wildman–Crippen LogP) is 5.02. The molecule has 1 N–H and O–H groups in total. The van der Waals surface area contributed by atoms with E-state index in [9.17, 15) is 4.79 Å². The Labute approximate surface area is 132 Å². The second-order valence-electron chi connectivity index (χ2n) is 3.71. The lowest BCUT2D eigenvalue weighted by Crippen LogP contribution is -2.10. The molecule has 0 unspecified atom stereocenters. The van der Waals surface area contributed by atoms with Crippen molar-refractivity contribution in [1.82, 2.24) is 4.98 Å². The molecule has 0 saturated carbocycles. The highest BCUT2D eigenvalue weighted by Crippen LogP contribution is 2.38. The molecule has 0 aliphatic heterocycles. The van der Waals surface area contributed by atoms with Crippen molar-refractivity contribution in [2.24, 2.45) is 0 Å². The van der Waals surface area contributed by atoms with Crippen molar-refractivity contribution in [3.05, 3.63) is 44.3 Å². The van der Waals surface area contributed by atoms with Gasteiger partial charge >= 0.3 is 0 Å². The highest BCUT2D eigenvalue weighted by atomic mass is 35.5. The normalized spacial score (nSPS) is 10.7. The van der Waals surface area contributed by atoms with Gasteiger partial charge in [-0.1, -0.05) is 23.2 Å².